The maximum Gasteiger partial charge on any atom is 0.327 e. The molecule has 0 amide bonds. The van der Waals surface area contributed by atoms with Crippen molar-refractivity contribution in [2.24, 2.45) is 0 Å². The molecule has 194 valence electrons. The summed E-state index contributed by atoms with van der Waals surface area (Å²) in [5.41, 5.74) is 0.332. The van der Waals surface area contributed by atoms with Crippen molar-refractivity contribution in [3.05, 3.63) is 77.0 Å². The van der Waals surface area contributed by atoms with Crippen LogP contribution in [0.1, 0.15) is 20.8 Å². The number of aromatic nitrogens is 2. The number of benzene rings is 2. The van der Waals surface area contributed by atoms with Gasteiger partial charge in [0, 0.05) is 32.7 Å². The number of ether oxygens (including phenoxy) is 1. The molecule has 0 aliphatic heterocycles. The standard InChI is InChI=1S/C26H25Cl2N3O4S2/c1-26(2,3)35-25(32)16-31(37(33,34)22-13-18(27)12-19(28)14-22)20-5-6-23-17(11-20)8-10-30(23)24-15-21(36-4)7-9-29-24/h5-15H,16H2,1-4H3. The zero-order chi connectivity index (χ0) is 27.0. The quantitative estimate of drug-likeness (QED) is 0.182. The van der Waals surface area contributed by atoms with Crippen LogP contribution in [-0.4, -0.2) is 42.3 Å². The number of anilines is 1. The highest BCUT2D eigenvalue weighted by Gasteiger charge is 2.30. The highest BCUT2D eigenvalue weighted by atomic mass is 35.5. The number of pyridine rings is 1. The van der Waals surface area contributed by atoms with Gasteiger partial charge in [0.05, 0.1) is 16.1 Å². The minimum atomic E-state index is -4.23. The third kappa shape index (κ3) is 6.23. The maximum atomic E-state index is 13.8. The first kappa shape index (κ1) is 27.3. The lowest BCUT2D eigenvalue weighted by molar-refractivity contribution is -0.152. The van der Waals surface area contributed by atoms with E-state index < -0.39 is 28.1 Å². The Morgan fingerprint density at radius 2 is 1.76 bits per heavy atom. The van der Waals surface area contributed by atoms with Crippen LogP contribution < -0.4 is 4.31 Å². The second-order valence-electron chi connectivity index (χ2n) is 9.19. The van der Waals surface area contributed by atoms with E-state index in [9.17, 15) is 13.2 Å². The molecule has 0 atom stereocenters. The van der Waals surface area contributed by atoms with Gasteiger partial charge in [-0.05, 0) is 81.6 Å². The van der Waals surface area contributed by atoms with Crippen LogP contribution in [0.2, 0.25) is 10.0 Å². The van der Waals surface area contributed by atoms with Gasteiger partial charge in [0.2, 0.25) is 0 Å². The Balaban J connectivity index is 1.80. The van der Waals surface area contributed by atoms with Crippen LogP contribution in [0.25, 0.3) is 16.7 Å². The number of sulfonamides is 1. The van der Waals surface area contributed by atoms with Crippen LogP contribution in [0.15, 0.2) is 76.8 Å². The molecule has 0 saturated heterocycles. The molecule has 0 bridgehead atoms. The second-order valence-corrected chi connectivity index (χ2v) is 12.8. The van der Waals surface area contributed by atoms with Gasteiger partial charge < -0.3 is 9.30 Å². The minimum Gasteiger partial charge on any atom is -0.459 e. The third-order valence-corrected chi connectivity index (χ3v) is 8.19. The summed E-state index contributed by atoms with van der Waals surface area (Å²) in [7, 11) is -4.23. The van der Waals surface area contributed by atoms with Crippen LogP contribution in [0.5, 0.6) is 0 Å². The molecule has 0 unspecified atom stereocenters. The summed E-state index contributed by atoms with van der Waals surface area (Å²) in [5.74, 6) is 0.0429. The van der Waals surface area contributed by atoms with E-state index in [4.69, 9.17) is 27.9 Å². The molecule has 0 aliphatic rings. The smallest absolute Gasteiger partial charge is 0.327 e. The van der Waals surface area contributed by atoms with Crippen molar-refractivity contribution in [3.8, 4) is 5.82 Å². The first-order chi connectivity index (χ1) is 17.4. The number of halogens is 2. The van der Waals surface area contributed by atoms with Gasteiger partial charge in [0.15, 0.2) is 0 Å². The van der Waals surface area contributed by atoms with Gasteiger partial charge in [-0.2, -0.15) is 0 Å². The van der Waals surface area contributed by atoms with Crippen molar-refractivity contribution in [1.82, 2.24) is 9.55 Å². The molecule has 11 heteroatoms. The van der Waals surface area contributed by atoms with E-state index in [1.54, 1.807) is 56.9 Å². The fraction of sp³-hybridized carbons (Fsp3) is 0.231. The van der Waals surface area contributed by atoms with Gasteiger partial charge in [-0.3, -0.25) is 9.10 Å². The normalized spacial score (nSPS) is 12.1. The predicted octanol–water partition coefficient (Wildman–Crippen LogP) is 6.59. The van der Waals surface area contributed by atoms with Gasteiger partial charge in [-0.1, -0.05) is 23.2 Å². The number of carbonyl (C=O) groups excluding carboxylic acids is 1. The first-order valence-electron chi connectivity index (χ1n) is 11.2. The minimum absolute atomic E-state index is 0.135. The number of esters is 1. The number of rotatable bonds is 7. The monoisotopic (exact) mass is 577 g/mol. The van der Waals surface area contributed by atoms with Crippen molar-refractivity contribution >= 4 is 67.5 Å². The highest BCUT2D eigenvalue weighted by molar-refractivity contribution is 7.98. The molecule has 0 radical (unpaired) electrons. The number of carbonyl (C=O) groups is 1. The topological polar surface area (TPSA) is 81.5 Å². The number of thioether (sulfide) groups is 1. The van der Waals surface area contributed by atoms with E-state index in [-0.39, 0.29) is 20.6 Å². The lowest BCUT2D eigenvalue weighted by atomic mass is 10.2. The summed E-state index contributed by atoms with van der Waals surface area (Å²) in [6, 6.07) is 14.9. The maximum absolute atomic E-state index is 13.8. The molecule has 0 saturated carbocycles. The number of nitrogens with zero attached hydrogens (tertiary/aromatic N) is 3. The molecule has 0 N–H and O–H groups in total. The fourth-order valence-corrected chi connectivity index (χ4v) is 6.30. The van der Waals surface area contributed by atoms with Crippen molar-refractivity contribution in [2.45, 2.75) is 36.2 Å². The summed E-state index contributed by atoms with van der Waals surface area (Å²) in [4.78, 5) is 18.2. The van der Waals surface area contributed by atoms with E-state index >= 15 is 0 Å². The Labute approximate surface area is 230 Å². The van der Waals surface area contributed by atoms with Crippen molar-refractivity contribution < 1.29 is 17.9 Å². The molecule has 4 aromatic rings. The van der Waals surface area contributed by atoms with Crippen LogP contribution in [0, 0.1) is 0 Å². The highest BCUT2D eigenvalue weighted by Crippen LogP contribution is 2.31. The molecule has 0 fully saturated rings. The molecular formula is C26H25Cl2N3O4S2. The van der Waals surface area contributed by atoms with Crippen molar-refractivity contribution in [2.75, 3.05) is 17.1 Å². The van der Waals surface area contributed by atoms with Crippen LogP contribution in [0.4, 0.5) is 5.69 Å². The Morgan fingerprint density at radius 3 is 2.41 bits per heavy atom. The average Bonchev–Trinajstić information content (AvgIpc) is 3.24. The summed E-state index contributed by atoms with van der Waals surface area (Å²) < 4.78 is 35.9. The molecule has 0 spiro atoms. The summed E-state index contributed by atoms with van der Waals surface area (Å²) in [6.07, 6.45) is 5.60. The number of hydrogen-bond acceptors (Lipinski definition) is 6. The molecule has 4 rings (SSSR count). The van der Waals surface area contributed by atoms with E-state index in [0.29, 0.717) is 0 Å². The molecular weight excluding hydrogens is 553 g/mol. The Kier molecular flexibility index (Phi) is 7.80. The van der Waals surface area contributed by atoms with Crippen LogP contribution in [0.3, 0.4) is 0 Å². The van der Waals surface area contributed by atoms with Crippen molar-refractivity contribution in [1.29, 1.82) is 0 Å². The molecule has 2 heterocycles. The van der Waals surface area contributed by atoms with Gasteiger partial charge in [-0.25, -0.2) is 13.4 Å². The van der Waals surface area contributed by atoms with Crippen LogP contribution in [-0.2, 0) is 19.6 Å². The Hall–Kier alpha value is -2.72. The van der Waals surface area contributed by atoms with E-state index in [1.165, 1.54) is 18.2 Å². The molecule has 7 nitrogen and oxygen atoms in total. The van der Waals surface area contributed by atoms with E-state index in [2.05, 4.69) is 4.98 Å². The number of fused-ring (bicyclic) bond motifs is 1. The first-order valence-corrected chi connectivity index (χ1v) is 14.6. The Morgan fingerprint density at radius 1 is 1.05 bits per heavy atom. The number of hydrogen-bond donors (Lipinski definition) is 0. The van der Waals surface area contributed by atoms with Gasteiger partial charge >= 0.3 is 5.97 Å². The van der Waals surface area contributed by atoms with Crippen LogP contribution >= 0.6 is 35.0 Å². The lowest BCUT2D eigenvalue weighted by Gasteiger charge is -2.26. The fourth-order valence-electron chi connectivity index (χ4n) is 3.75. The largest absolute Gasteiger partial charge is 0.459 e. The molecule has 0 aliphatic carbocycles. The van der Waals surface area contributed by atoms with Gasteiger partial charge in [0.25, 0.3) is 10.0 Å². The van der Waals surface area contributed by atoms with Gasteiger partial charge in [0.1, 0.15) is 18.0 Å². The molecule has 2 aromatic carbocycles. The summed E-state index contributed by atoms with van der Waals surface area (Å²) in [6.45, 7) is 4.62. The predicted molar refractivity (Wildman–Crippen MR) is 150 cm³/mol. The average molecular weight is 579 g/mol. The summed E-state index contributed by atoms with van der Waals surface area (Å²) >= 11 is 13.8. The third-order valence-electron chi connectivity index (χ3n) is 5.28. The second kappa shape index (κ2) is 10.6. The SMILES string of the molecule is CSc1ccnc(-n2ccc3cc(N(CC(=O)OC(C)(C)C)S(=O)(=O)c4cc(Cl)cc(Cl)c4)ccc32)c1. The van der Waals surface area contributed by atoms with E-state index in [0.717, 1.165) is 25.9 Å². The Bertz CT molecular complexity index is 1560. The molecule has 37 heavy (non-hydrogen) atoms. The zero-order valence-corrected chi connectivity index (χ0v) is 23.7. The summed E-state index contributed by atoms with van der Waals surface area (Å²) in [5, 5.41) is 1.09. The zero-order valence-electron chi connectivity index (χ0n) is 20.6. The van der Waals surface area contributed by atoms with E-state index in [1.807, 2.05) is 35.2 Å². The van der Waals surface area contributed by atoms with Crippen molar-refractivity contribution in [3.63, 3.8) is 0 Å². The van der Waals surface area contributed by atoms with Gasteiger partial charge in [-0.15, -0.1) is 11.8 Å². The molecule has 2 aromatic heterocycles. The lowest BCUT2D eigenvalue weighted by Crippen LogP contribution is -2.39.